The standard InChI is InChI=1S/C15H15N3O/c16-12(9-10-5-7-11(19)8-6-10)15-17-13-3-1-2-4-14(13)18-15/h1-8,12,19H,9,16H2,(H,17,18)/p+1/t12-/m0/s1. The van der Waals surface area contributed by atoms with Crippen LogP contribution in [0.1, 0.15) is 17.4 Å². The predicted molar refractivity (Wildman–Crippen MR) is 73.5 cm³/mol. The van der Waals surface area contributed by atoms with Gasteiger partial charge in [-0.15, -0.1) is 0 Å². The number of benzene rings is 2. The van der Waals surface area contributed by atoms with E-state index in [1.54, 1.807) is 12.1 Å². The molecule has 2 aromatic carbocycles. The molecule has 0 bridgehead atoms. The molecule has 4 nitrogen and oxygen atoms in total. The molecule has 0 aliphatic rings. The van der Waals surface area contributed by atoms with Gasteiger partial charge in [0.25, 0.3) is 0 Å². The van der Waals surface area contributed by atoms with Crippen molar-refractivity contribution in [1.82, 2.24) is 9.97 Å². The number of phenolic OH excluding ortho intramolecular Hbond substituents is 1. The zero-order valence-corrected chi connectivity index (χ0v) is 10.5. The Kier molecular flexibility index (Phi) is 2.93. The molecule has 0 fully saturated rings. The van der Waals surface area contributed by atoms with E-state index in [9.17, 15) is 5.11 Å². The number of H-pyrrole nitrogens is 1. The van der Waals surface area contributed by atoms with E-state index < -0.39 is 0 Å². The molecule has 0 spiro atoms. The van der Waals surface area contributed by atoms with Gasteiger partial charge in [-0.2, -0.15) is 0 Å². The average Bonchev–Trinajstić information content (AvgIpc) is 2.85. The molecule has 0 radical (unpaired) electrons. The van der Waals surface area contributed by atoms with E-state index in [4.69, 9.17) is 0 Å². The molecular formula is C15H16N3O+. The Bertz CT molecular complexity index is 655. The summed E-state index contributed by atoms with van der Waals surface area (Å²) >= 11 is 0. The fourth-order valence-corrected chi connectivity index (χ4v) is 2.18. The molecule has 3 rings (SSSR count). The van der Waals surface area contributed by atoms with Crippen molar-refractivity contribution in [3.05, 3.63) is 59.9 Å². The van der Waals surface area contributed by atoms with E-state index in [0.717, 1.165) is 28.8 Å². The van der Waals surface area contributed by atoms with Crippen molar-refractivity contribution in [2.24, 2.45) is 0 Å². The molecule has 4 heteroatoms. The fourth-order valence-electron chi connectivity index (χ4n) is 2.18. The molecule has 0 saturated carbocycles. The minimum Gasteiger partial charge on any atom is -0.508 e. The lowest BCUT2D eigenvalue weighted by molar-refractivity contribution is -0.428. The van der Waals surface area contributed by atoms with Crippen LogP contribution in [0.3, 0.4) is 0 Å². The molecule has 19 heavy (non-hydrogen) atoms. The number of hydrogen-bond acceptors (Lipinski definition) is 2. The van der Waals surface area contributed by atoms with E-state index >= 15 is 0 Å². The Morgan fingerprint density at radius 2 is 1.84 bits per heavy atom. The third-order valence-electron chi connectivity index (χ3n) is 3.21. The van der Waals surface area contributed by atoms with Crippen LogP contribution in [0, 0.1) is 0 Å². The lowest BCUT2D eigenvalue weighted by atomic mass is 10.1. The quantitative estimate of drug-likeness (QED) is 0.666. The minimum absolute atomic E-state index is 0.0666. The number of fused-ring (bicyclic) bond motifs is 1. The van der Waals surface area contributed by atoms with Crippen molar-refractivity contribution in [1.29, 1.82) is 0 Å². The van der Waals surface area contributed by atoms with Crippen LogP contribution in [0.25, 0.3) is 11.0 Å². The molecule has 0 saturated heterocycles. The number of nitrogens with one attached hydrogen (secondary N) is 1. The topological polar surface area (TPSA) is 76.6 Å². The van der Waals surface area contributed by atoms with Crippen LogP contribution in [0.4, 0.5) is 0 Å². The van der Waals surface area contributed by atoms with Gasteiger partial charge < -0.3 is 15.8 Å². The number of phenols is 1. The number of aromatic hydroxyl groups is 1. The second-order valence-electron chi connectivity index (χ2n) is 4.71. The first-order valence-electron chi connectivity index (χ1n) is 6.28. The van der Waals surface area contributed by atoms with Gasteiger partial charge in [0, 0.05) is 6.42 Å². The average molecular weight is 254 g/mol. The first kappa shape index (κ1) is 11.7. The number of aromatic amines is 1. The summed E-state index contributed by atoms with van der Waals surface area (Å²) in [5, 5.41) is 9.27. The number of aromatic nitrogens is 2. The molecular weight excluding hydrogens is 238 g/mol. The summed E-state index contributed by atoms with van der Waals surface area (Å²) in [4.78, 5) is 7.86. The fraction of sp³-hybridized carbons (Fsp3) is 0.133. The zero-order chi connectivity index (χ0) is 13.2. The normalized spacial score (nSPS) is 12.7. The number of para-hydroxylation sites is 2. The lowest BCUT2D eigenvalue weighted by Gasteiger charge is -2.05. The summed E-state index contributed by atoms with van der Waals surface area (Å²) in [6, 6.07) is 15.2. The first-order chi connectivity index (χ1) is 9.22. The van der Waals surface area contributed by atoms with Crippen LogP contribution in [0.5, 0.6) is 5.75 Å². The minimum atomic E-state index is 0.0666. The van der Waals surface area contributed by atoms with Gasteiger partial charge in [-0.3, -0.25) is 0 Å². The monoisotopic (exact) mass is 254 g/mol. The summed E-state index contributed by atoms with van der Waals surface area (Å²) < 4.78 is 0. The van der Waals surface area contributed by atoms with Crippen LogP contribution in [0.15, 0.2) is 48.5 Å². The van der Waals surface area contributed by atoms with E-state index in [1.807, 2.05) is 36.4 Å². The maximum Gasteiger partial charge on any atom is 0.166 e. The second-order valence-corrected chi connectivity index (χ2v) is 4.71. The molecule has 0 amide bonds. The van der Waals surface area contributed by atoms with Gasteiger partial charge in [-0.1, -0.05) is 24.3 Å². The maximum absolute atomic E-state index is 9.27. The highest BCUT2D eigenvalue weighted by Crippen LogP contribution is 2.18. The van der Waals surface area contributed by atoms with Crippen LogP contribution in [-0.2, 0) is 6.42 Å². The van der Waals surface area contributed by atoms with Gasteiger partial charge >= 0.3 is 0 Å². The number of quaternary nitrogens is 1. The molecule has 5 N–H and O–H groups in total. The zero-order valence-electron chi connectivity index (χ0n) is 10.5. The van der Waals surface area contributed by atoms with Crippen LogP contribution >= 0.6 is 0 Å². The Morgan fingerprint density at radius 1 is 1.11 bits per heavy atom. The smallest absolute Gasteiger partial charge is 0.166 e. The van der Waals surface area contributed by atoms with Crippen LogP contribution in [0.2, 0.25) is 0 Å². The highest BCUT2D eigenvalue weighted by Gasteiger charge is 2.15. The maximum atomic E-state index is 9.27. The highest BCUT2D eigenvalue weighted by atomic mass is 16.3. The van der Waals surface area contributed by atoms with Gasteiger partial charge in [-0.25, -0.2) is 4.98 Å². The Balaban J connectivity index is 1.83. The molecule has 3 aromatic rings. The van der Waals surface area contributed by atoms with Crippen molar-refractivity contribution in [3.8, 4) is 5.75 Å². The molecule has 0 aliphatic carbocycles. The van der Waals surface area contributed by atoms with Crippen LogP contribution < -0.4 is 5.73 Å². The van der Waals surface area contributed by atoms with E-state index in [0.29, 0.717) is 0 Å². The van der Waals surface area contributed by atoms with Gasteiger partial charge in [0.1, 0.15) is 11.8 Å². The molecule has 0 unspecified atom stereocenters. The Morgan fingerprint density at radius 3 is 2.58 bits per heavy atom. The molecule has 1 heterocycles. The number of nitrogens with zero attached hydrogens (tertiary/aromatic N) is 1. The third-order valence-corrected chi connectivity index (χ3v) is 3.21. The first-order valence-corrected chi connectivity index (χ1v) is 6.28. The van der Waals surface area contributed by atoms with Gasteiger partial charge in [-0.05, 0) is 29.8 Å². The van der Waals surface area contributed by atoms with Gasteiger partial charge in [0.2, 0.25) is 0 Å². The second kappa shape index (κ2) is 4.74. The molecule has 1 aromatic heterocycles. The van der Waals surface area contributed by atoms with E-state index in [1.165, 1.54) is 0 Å². The Hall–Kier alpha value is -2.33. The number of imidazole rings is 1. The van der Waals surface area contributed by atoms with Crippen molar-refractivity contribution in [3.63, 3.8) is 0 Å². The van der Waals surface area contributed by atoms with Crippen molar-refractivity contribution in [2.45, 2.75) is 12.5 Å². The highest BCUT2D eigenvalue weighted by molar-refractivity contribution is 5.74. The van der Waals surface area contributed by atoms with Crippen molar-refractivity contribution < 1.29 is 10.8 Å². The molecule has 96 valence electrons. The molecule has 0 aliphatic heterocycles. The van der Waals surface area contributed by atoms with E-state index in [-0.39, 0.29) is 11.8 Å². The number of hydrogen-bond donors (Lipinski definition) is 3. The SMILES string of the molecule is [NH3+][C@@H](Cc1ccc(O)cc1)c1nc2ccccc2[nH]1. The van der Waals surface area contributed by atoms with Crippen molar-refractivity contribution in [2.75, 3.05) is 0 Å². The summed E-state index contributed by atoms with van der Waals surface area (Å²) in [6.45, 7) is 0. The largest absolute Gasteiger partial charge is 0.508 e. The van der Waals surface area contributed by atoms with Crippen molar-refractivity contribution >= 4 is 11.0 Å². The van der Waals surface area contributed by atoms with Gasteiger partial charge in [0.15, 0.2) is 5.82 Å². The molecule has 1 atom stereocenters. The number of rotatable bonds is 3. The Labute approximate surface area is 110 Å². The van der Waals surface area contributed by atoms with E-state index in [2.05, 4.69) is 15.7 Å². The predicted octanol–water partition coefficient (Wildman–Crippen LogP) is 1.79. The third kappa shape index (κ3) is 2.44. The lowest BCUT2D eigenvalue weighted by Crippen LogP contribution is -2.55. The summed E-state index contributed by atoms with van der Waals surface area (Å²) in [6.07, 6.45) is 0.792. The van der Waals surface area contributed by atoms with Crippen LogP contribution in [-0.4, -0.2) is 15.1 Å². The van der Waals surface area contributed by atoms with Gasteiger partial charge in [0.05, 0.1) is 11.0 Å². The summed E-state index contributed by atoms with van der Waals surface area (Å²) in [7, 11) is 0. The summed E-state index contributed by atoms with van der Waals surface area (Å²) in [5.74, 6) is 1.18. The summed E-state index contributed by atoms with van der Waals surface area (Å²) in [5.41, 5.74) is 7.31.